The highest BCUT2D eigenvalue weighted by Crippen LogP contribution is 2.10. The maximum atomic E-state index is 11.3. The number of hydrogen-bond acceptors (Lipinski definition) is 4. The summed E-state index contributed by atoms with van der Waals surface area (Å²) in [5.41, 5.74) is -0.487. The molecule has 0 amide bonds. The van der Waals surface area contributed by atoms with Crippen LogP contribution >= 0.6 is 0 Å². The second kappa shape index (κ2) is 7.17. The van der Waals surface area contributed by atoms with Crippen LogP contribution in [0.5, 0.6) is 0 Å². The zero-order valence-electron chi connectivity index (χ0n) is 10.4. The first-order valence-electron chi connectivity index (χ1n) is 5.36. The first-order valence-corrected chi connectivity index (χ1v) is 5.36. The molecule has 0 heterocycles. The van der Waals surface area contributed by atoms with Gasteiger partial charge in [-0.2, -0.15) is 0 Å². The highest BCUT2D eigenvalue weighted by molar-refractivity contribution is 5.96. The summed E-state index contributed by atoms with van der Waals surface area (Å²) in [6.45, 7) is 7.50. The average molecular weight is 228 g/mol. The predicted octanol–water partition coefficient (Wildman–Crippen LogP) is 1.88. The Labute approximate surface area is 96.6 Å². The Hall–Kier alpha value is -1.16. The van der Waals surface area contributed by atoms with Crippen LogP contribution in [0.25, 0.3) is 0 Å². The Morgan fingerprint density at radius 3 is 2.44 bits per heavy atom. The monoisotopic (exact) mass is 228 g/mol. The second-order valence-corrected chi connectivity index (χ2v) is 3.91. The number of carbonyl (C=O) groups is 2. The van der Waals surface area contributed by atoms with Gasteiger partial charge in [-0.05, 0) is 27.7 Å². The molecular weight excluding hydrogens is 208 g/mol. The molecule has 0 aromatic heterocycles. The minimum absolute atomic E-state index is 0.0733. The molecule has 0 aromatic rings. The van der Waals surface area contributed by atoms with Crippen LogP contribution < -0.4 is 0 Å². The molecule has 0 rings (SSSR count). The molecule has 0 aliphatic rings. The number of ether oxygens (including phenoxy) is 2. The number of hydrogen-bond donors (Lipinski definition) is 0. The molecule has 0 atom stereocenters. The molecule has 0 spiro atoms. The molecule has 0 radical (unpaired) electrons. The molecule has 0 aliphatic heterocycles. The average Bonchev–Trinajstić information content (AvgIpc) is 2.15. The zero-order valence-corrected chi connectivity index (χ0v) is 10.4. The number of carbonyl (C=O) groups excluding carboxylic acids is 2. The van der Waals surface area contributed by atoms with Gasteiger partial charge in [0.15, 0.2) is 5.78 Å². The molecular formula is C12H20O4. The Kier molecular flexibility index (Phi) is 6.65. The van der Waals surface area contributed by atoms with E-state index in [2.05, 4.69) is 4.74 Å². The third-order valence-corrected chi connectivity index (χ3v) is 1.82. The lowest BCUT2D eigenvalue weighted by Gasteiger charge is -2.20. The summed E-state index contributed by atoms with van der Waals surface area (Å²) >= 11 is 0. The van der Waals surface area contributed by atoms with E-state index in [1.54, 1.807) is 6.92 Å². The molecule has 0 aromatic carbocycles. The first-order chi connectivity index (χ1) is 7.41. The van der Waals surface area contributed by atoms with Crippen LogP contribution in [0.3, 0.4) is 0 Å². The van der Waals surface area contributed by atoms with E-state index in [4.69, 9.17) is 4.74 Å². The van der Waals surface area contributed by atoms with Crippen LogP contribution in [-0.4, -0.2) is 30.6 Å². The van der Waals surface area contributed by atoms with Gasteiger partial charge in [0, 0.05) is 0 Å². The third-order valence-electron chi connectivity index (χ3n) is 1.82. The first kappa shape index (κ1) is 14.8. The number of allylic oxidation sites excluding steroid dienone is 1. The third kappa shape index (κ3) is 7.17. The SMILES string of the molecule is C/C=C/C(C)(C)OCC(=O)CC(=O)OCC. The molecule has 0 N–H and O–H groups in total. The van der Waals surface area contributed by atoms with Crippen LogP contribution in [0.15, 0.2) is 12.2 Å². The lowest BCUT2D eigenvalue weighted by Crippen LogP contribution is -2.26. The van der Waals surface area contributed by atoms with Crippen molar-refractivity contribution in [2.75, 3.05) is 13.2 Å². The van der Waals surface area contributed by atoms with Crippen LogP contribution in [0.4, 0.5) is 0 Å². The Balaban J connectivity index is 3.94. The van der Waals surface area contributed by atoms with E-state index in [0.717, 1.165) is 0 Å². The second-order valence-electron chi connectivity index (χ2n) is 3.91. The van der Waals surface area contributed by atoms with Crippen molar-refractivity contribution in [3.63, 3.8) is 0 Å². The fraction of sp³-hybridized carbons (Fsp3) is 0.667. The van der Waals surface area contributed by atoms with Gasteiger partial charge in [-0.25, -0.2) is 0 Å². The number of rotatable bonds is 7. The predicted molar refractivity (Wildman–Crippen MR) is 61.1 cm³/mol. The highest BCUT2D eigenvalue weighted by atomic mass is 16.5. The van der Waals surface area contributed by atoms with Gasteiger partial charge in [-0.15, -0.1) is 0 Å². The zero-order chi connectivity index (χ0) is 12.6. The van der Waals surface area contributed by atoms with Gasteiger partial charge in [0.05, 0.1) is 12.2 Å². The van der Waals surface area contributed by atoms with E-state index in [9.17, 15) is 9.59 Å². The van der Waals surface area contributed by atoms with Crippen molar-refractivity contribution in [3.8, 4) is 0 Å². The normalized spacial score (nSPS) is 11.8. The van der Waals surface area contributed by atoms with Crippen molar-refractivity contribution in [2.45, 2.75) is 39.7 Å². The Bertz CT molecular complexity index is 266. The van der Waals surface area contributed by atoms with Crippen molar-refractivity contribution in [3.05, 3.63) is 12.2 Å². The van der Waals surface area contributed by atoms with Crippen molar-refractivity contribution in [1.82, 2.24) is 0 Å². The van der Waals surface area contributed by atoms with Gasteiger partial charge in [0.1, 0.15) is 13.0 Å². The molecule has 4 heteroatoms. The van der Waals surface area contributed by atoms with E-state index in [1.165, 1.54) is 0 Å². The number of Topliss-reactive ketones (excluding diaryl/α,β-unsaturated/α-hetero) is 1. The van der Waals surface area contributed by atoms with Gasteiger partial charge in [-0.1, -0.05) is 12.2 Å². The van der Waals surface area contributed by atoms with Crippen LogP contribution in [0.2, 0.25) is 0 Å². The lowest BCUT2D eigenvalue weighted by molar-refractivity contribution is -0.147. The largest absolute Gasteiger partial charge is 0.466 e. The Morgan fingerprint density at radius 2 is 1.94 bits per heavy atom. The van der Waals surface area contributed by atoms with Gasteiger partial charge in [0.25, 0.3) is 0 Å². The van der Waals surface area contributed by atoms with E-state index >= 15 is 0 Å². The fourth-order valence-corrected chi connectivity index (χ4v) is 1.14. The van der Waals surface area contributed by atoms with E-state index in [-0.39, 0.29) is 25.4 Å². The fourth-order valence-electron chi connectivity index (χ4n) is 1.14. The van der Waals surface area contributed by atoms with Gasteiger partial charge in [-0.3, -0.25) is 9.59 Å². The molecule has 0 saturated carbocycles. The Morgan fingerprint density at radius 1 is 1.31 bits per heavy atom. The minimum Gasteiger partial charge on any atom is -0.466 e. The van der Waals surface area contributed by atoms with Crippen LogP contribution in [0, 0.1) is 0 Å². The van der Waals surface area contributed by atoms with Crippen molar-refractivity contribution >= 4 is 11.8 Å². The summed E-state index contributed by atoms with van der Waals surface area (Å²) < 4.78 is 10.0. The van der Waals surface area contributed by atoms with Crippen molar-refractivity contribution in [1.29, 1.82) is 0 Å². The summed E-state index contributed by atoms with van der Waals surface area (Å²) in [7, 11) is 0. The van der Waals surface area contributed by atoms with Gasteiger partial charge < -0.3 is 9.47 Å². The summed E-state index contributed by atoms with van der Waals surface area (Å²) in [5.74, 6) is -0.768. The van der Waals surface area contributed by atoms with Crippen LogP contribution in [-0.2, 0) is 19.1 Å². The maximum Gasteiger partial charge on any atom is 0.313 e. The summed E-state index contributed by atoms with van der Waals surface area (Å²) in [4.78, 5) is 22.3. The minimum atomic E-state index is -0.500. The topological polar surface area (TPSA) is 52.6 Å². The standard InChI is InChI=1S/C12H20O4/c1-5-7-12(3,4)16-9-10(13)8-11(14)15-6-2/h5,7H,6,8-9H2,1-4H3/b7-5+. The van der Waals surface area contributed by atoms with Gasteiger partial charge in [0.2, 0.25) is 0 Å². The molecule has 4 nitrogen and oxygen atoms in total. The number of ketones is 1. The lowest BCUT2D eigenvalue weighted by atomic mass is 10.1. The van der Waals surface area contributed by atoms with Crippen molar-refractivity contribution < 1.29 is 19.1 Å². The molecule has 92 valence electrons. The molecule has 0 aliphatic carbocycles. The molecule has 0 saturated heterocycles. The molecule has 16 heavy (non-hydrogen) atoms. The van der Waals surface area contributed by atoms with E-state index < -0.39 is 11.6 Å². The highest BCUT2D eigenvalue weighted by Gasteiger charge is 2.17. The maximum absolute atomic E-state index is 11.3. The van der Waals surface area contributed by atoms with E-state index in [1.807, 2.05) is 32.9 Å². The van der Waals surface area contributed by atoms with Gasteiger partial charge >= 0.3 is 5.97 Å². The summed E-state index contributed by atoms with van der Waals surface area (Å²) in [5, 5.41) is 0. The molecule has 0 bridgehead atoms. The smallest absolute Gasteiger partial charge is 0.313 e. The van der Waals surface area contributed by atoms with Crippen LogP contribution in [0.1, 0.15) is 34.1 Å². The van der Waals surface area contributed by atoms with Crippen molar-refractivity contribution in [2.24, 2.45) is 0 Å². The molecule has 0 fully saturated rings. The number of esters is 1. The van der Waals surface area contributed by atoms with E-state index in [0.29, 0.717) is 0 Å². The quantitative estimate of drug-likeness (QED) is 0.379. The summed E-state index contributed by atoms with van der Waals surface area (Å²) in [6, 6.07) is 0. The molecule has 0 unspecified atom stereocenters. The summed E-state index contributed by atoms with van der Waals surface area (Å²) in [6.07, 6.45) is 3.49.